The number of methoxy groups -OCH3 is 2. The summed E-state index contributed by atoms with van der Waals surface area (Å²) in [5.41, 5.74) is 6.97. The zero-order valence-corrected chi connectivity index (χ0v) is 13.1. The third-order valence-corrected chi connectivity index (χ3v) is 4.56. The molecular formula is C13H22N2O4S. The van der Waals surface area contributed by atoms with Crippen LogP contribution in [0, 0.1) is 6.92 Å². The van der Waals surface area contributed by atoms with E-state index in [-0.39, 0.29) is 16.7 Å². The lowest BCUT2D eigenvalue weighted by molar-refractivity contribution is 0.188. The fourth-order valence-corrected chi connectivity index (χ4v) is 3.19. The molecule has 0 aliphatic rings. The number of aryl methyl sites for hydroxylation is 1. The van der Waals surface area contributed by atoms with Gasteiger partial charge in [0.15, 0.2) is 0 Å². The molecule has 114 valence electrons. The van der Waals surface area contributed by atoms with Crippen molar-refractivity contribution in [3.05, 3.63) is 17.7 Å². The van der Waals surface area contributed by atoms with Gasteiger partial charge in [0.05, 0.1) is 7.11 Å². The van der Waals surface area contributed by atoms with Crippen molar-refractivity contribution in [3.8, 4) is 5.75 Å². The Morgan fingerprint density at radius 2 is 2.00 bits per heavy atom. The molecule has 0 aromatic heterocycles. The van der Waals surface area contributed by atoms with Crippen molar-refractivity contribution in [1.82, 2.24) is 4.72 Å². The van der Waals surface area contributed by atoms with Crippen LogP contribution in [0.5, 0.6) is 5.75 Å². The van der Waals surface area contributed by atoms with Gasteiger partial charge in [-0.1, -0.05) is 0 Å². The summed E-state index contributed by atoms with van der Waals surface area (Å²) < 4.78 is 37.4. The van der Waals surface area contributed by atoms with E-state index in [1.807, 2.05) is 0 Å². The number of ether oxygens (including phenoxy) is 2. The van der Waals surface area contributed by atoms with Crippen molar-refractivity contribution in [3.63, 3.8) is 0 Å². The lowest BCUT2D eigenvalue weighted by Crippen LogP contribution is -2.33. The highest BCUT2D eigenvalue weighted by molar-refractivity contribution is 7.89. The number of hydrogen-bond acceptors (Lipinski definition) is 5. The van der Waals surface area contributed by atoms with Gasteiger partial charge in [0.25, 0.3) is 0 Å². The van der Waals surface area contributed by atoms with Crippen LogP contribution in [0.3, 0.4) is 0 Å². The van der Waals surface area contributed by atoms with Gasteiger partial charge in [0, 0.05) is 25.4 Å². The second-order valence-corrected chi connectivity index (χ2v) is 6.35. The second kappa shape index (κ2) is 6.92. The van der Waals surface area contributed by atoms with Gasteiger partial charge in [0.1, 0.15) is 10.6 Å². The van der Waals surface area contributed by atoms with Crippen LogP contribution in [-0.4, -0.2) is 35.3 Å². The summed E-state index contributed by atoms with van der Waals surface area (Å²) >= 11 is 0. The molecule has 0 aliphatic heterocycles. The van der Waals surface area contributed by atoms with Crippen LogP contribution in [0.25, 0.3) is 0 Å². The molecule has 1 aromatic carbocycles. The molecule has 0 saturated heterocycles. The molecule has 20 heavy (non-hydrogen) atoms. The second-order valence-electron chi connectivity index (χ2n) is 4.66. The predicted molar refractivity (Wildman–Crippen MR) is 78.4 cm³/mol. The zero-order chi connectivity index (χ0) is 15.3. The molecule has 1 unspecified atom stereocenters. The maximum Gasteiger partial charge on any atom is 0.244 e. The number of hydrogen-bond donors (Lipinski definition) is 2. The molecule has 1 atom stereocenters. The Labute approximate surface area is 120 Å². The van der Waals surface area contributed by atoms with Gasteiger partial charge < -0.3 is 15.2 Å². The normalized spacial score (nSPS) is 13.2. The summed E-state index contributed by atoms with van der Waals surface area (Å²) in [7, 11) is -0.679. The minimum atomic E-state index is -3.68. The summed E-state index contributed by atoms with van der Waals surface area (Å²) in [4.78, 5) is 0.0485. The predicted octanol–water partition coefficient (Wildman–Crippen LogP) is 1.29. The molecule has 3 N–H and O–H groups in total. The molecule has 0 saturated carbocycles. The lowest BCUT2D eigenvalue weighted by atomic mass is 10.2. The van der Waals surface area contributed by atoms with Gasteiger partial charge in [-0.25, -0.2) is 13.1 Å². The monoisotopic (exact) mass is 302 g/mol. The van der Waals surface area contributed by atoms with Crippen LogP contribution in [0.2, 0.25) is 0 Å². The number of anilines is 1. The van der Waals surface area contributed by atoms with Gasteiger partial charge >= 0.3 is 0 Å². The highest BCUT2D eigenvalue weighted by atomic mass is 32.2. The Bertz CT molecular complexity index is 558. The molecule has 0 fully saturated rings. The molecule has 1 aromatic rings. The Kier molecular flexibility index (Phi) is 5.79. The van der Waals surface area contributed by atoms with E-state index in [1.165, 1.54) is 13.2 Å². The maximum absolute atomic E-state index is 12.4. The van der Waals surface area contributed by atoms with Gasteiger partial charge in [0.2, 0.25) is 10.0 Å². The van der Waals surface area contributed by atoms with Crippen molar-refractivity contribution in [2.45, 2.75) is 31.2 Å². The van der Waals surface area contributed by atoms with Crippen molar-refractivity contribution in [2.24, 2.45) is 0 Å². The number of nitrogen functional groups attached to an aromatic ring is 1. The fraction of sp³-hybridized carbons (Fsp3) is 0.538. The Balaban J connectivity index is 3.06. The third-order valence-electron chi connectivity index (χ3n) is 2.95. The molecule has 0 heterocycles. The van der Waals surface area contributed by atoms with E-state index in [0.29, 0.717) is 18.7 Å². The van der Waals surface area contributed by atoms with Gasteiger partial charge in [-0.3, -0.25) is 0 Å². The number of nitrogens with two attached hydrogens (primary N) is 1. The first kappa shape index (κ1) is 16.7. The molecule has 0 bridgehead atoms. The number of nitrogens with one attached hydrogen (secondary N) is 1. The molecular weight excluding hydrogens is 280 g/mol. The minimum absolute atomic E-state index is 0.0485. The van der Waals surface area contributed by atoms with Crippen LogP contribution in [-0.2, 0) is 14.8 Å². The molecule has 0 amide bonds. The molecule has 6 nitrogen and oxygen atoms in total. The van der Waals surface area contributed by atoms with Gasteiger partial charge in [-0.05, 0) is 38.0 Å². The SMILES string of the molecule is COCCC(C)NS(=O)(=O)c1cc(N)c(C)cc1OC. The Hall–Kier alpha value is -1.31. The average molecular weight is 302 g/mol. The zero-order valence-electron chi connectivity index (χ0n) is 12.3. The minimum Gasteiger partial charge on any atom is -0.495 e. The summed E-state index contributed by atoms with van der Waals surface area (Å²) in [6, 6.07) is 2.79. The van der Waals surface area contributed by atoms with Crippen LogP contribution in [0.1, 0.15) is 18.9 Å². The van der Waals surface area contributed by atoms with Crippen molar-refractivity contribution in [2.75, 3.05) is 26.6 Å². The maximum atomic E-state index is 12.4. The highest BCUT2D eigenvalue weighted by Gasteiger charge is 2.22. The first-order valence-electron chi connectivity index (χ1n) is 6.27. The largest absolute Gasteiger partial charge is 0.495 e. The molecule has 1 rings (SSSR count). The molecule has 0 radical (unpaired) electrons. The van der Waals surface area contributed by atoms with E-state index in [1.54, 1.807) is 27.0 Å². The average Bonchev–Trinajstić information content (AvgIpc) is 2.38. The number of sulfonamides is 1. The van der Waals surface area contributed by atoms with Crippen LogP contribution < -0.4 is 15.2 Å². The summed E-state index contributed by atoms with van der Waals surface area (Å²) in [6.45, 7) is 4.06. The Morgan fingerprint density at radius 3 is 2.55 bits per heavy atom. The molecule has 0 aliphatic carbocycles. The van der Waals surface area contributed by atoms with E-state index < -0.39 is 10.0 Å². The van der Waals surface area contributed by atoms with Crippen molar-refractivity contribution >= 4 is 15.7 Å². The summed E-state index contributed by atoms with van der Waals surface area (Å²) in [5.74, 6) is 0.281. The van der Waals surface area contributed by atoms with Crippen LogP contribution >= 0.6 is 0 Å². The quantitative estimate of drug-likeness (QED) is 0.741. The van der Waals surface area contributed by atoms with Crippen molar-refractivity contribution in [1.29, 1.82) is 0 Å². The van der Waals surface area contributed by atoms with Gasteiger partial charge in [-0.2, -0.15) is 0 Å². The van der Waals surface area contributed by atoms with E-state index in [9.17, 15) is 8.42 Å². The van der Waals surface area contributed by atoms with Gasteiger partial charge in [-0.15, -0.1) is 0 Å². The topological polar surface area (TPSA) is 90.7 Å². The van der Waals surface area contributed by atoms with E-state index in [0.717, 1.165) is 5.56 Å². The van der Waals surface area contributed by atoms with E-state index in [4.69, 9.17) is 15.2 Å². The molecule has 0 spiro atoms. The Morgan fingerprint density at radius 1 is 1.35 bits per heavy atom. The smallest absolute Gasteiger partial charge is 0.244 e. The first-order chi connectivity index (χ1) is 9.31. The summed E-state index contributed by atoms with van der Waals surface area (Å²) in [6.07, 6.45) is 0.583. The lowest BCUT2D eigenvalue weighted by Gasteiger charge is -2.16. The van der Waals surface area contributed by atoms with E-state index in [2.05, 4.69) is 4.72 Å². The standard InChI is InChI=1S/C13H22N2O4S/c1-9-7-12(19-4)13(8-11(9)14)20(16,17)15-10(2)5-6-18-3/h7-8,10,15H,5-6,14H2,1-4H3. The van der Waals surface area contributed by atoms with Crippen molar-refractivity contribution < 1.29 is 17.9 Å². The number of benzene rings is 1. The highest BCUT2D eigenvalue weighted by Crippen LogP contribution is 2.28. The van der Waals surface area contributed by atoms with E-state index >= 15 is 0 Å². The van der Waals surface area contributed by atoms with Crippen LogP contribution in [0.4, 0.5) is 5.69 Å². The summed E-state index contributed by atoms with van der Waals surface area (Å²) in [5, 5.41) is 0. The van der Waals surface area contributed by atoms with Crippen LogP contribution in [0.15, 0.2) is 17.0 Å². The fourth-order valence-electron chi connectivity index (χ4n) is 1.73. The molecule has 7 heteroatoms. The number of rotatable bonds is 7. The third kappa shape index (κ3) is 4.09. The first-order valence-corrected chi connectivity index (χ1v) is 7.75.